The number of nitrogen functional groups attached to an aromatic ring is 1. The average molecular weight is 220 g/mol. The Kier molecular flexibility index (Phi) is 4.43. The summed E-state index contributed by atoms with van der Waals surface area (Å²) >= 11 is 0. The maximum atomic E-state index is 5.67. The van der Waals surface area contributed by atoms with Crippen LogP contribution in [0.25, 0.3) is 0 Å². The third kappa shape index (κ3) is 3.79. The summed E-state index contributed by atoms with van der Waals surface area (Å²) in [5.74, 6) is 0.874. The SMILES string of the molecule is C=CC(COc1ccc(N)cc1)[Si](C)C. The average Bonchev–Trinajstić information content (AvgIpc) is 2.21. The molecule has 0 saturated heterocycles. The fourth-order valence-electron chi connectivity index (χ4n) is 1.22. The van der Waals surface area contributed by atoms with Gasteiger partial charge in [0.2, 0.25) is 0 Å². The molecule has 0 aliphatic carbocycles. The first kappa shape index (κ1) is 11.8. The van der Waals surface area contributed by atoms with E-state index in [9.17, 15) is 0 Å². The van der Waals surface area contributed by atoms with Crippen molar-refractivity contribution in [3.8, 4) is 5.75 Å². The molecule has 2 N–H and O–H groups in total. The molecule has 0 saturated carbocycles. The Bertz CT molecular complexity index is 308. The van der Waals surface area contributed by atoms with Gasteiger partial charge in [0.15, 0.2) is 0 Å². The number of rotatable bonds is 5. The van der Waals surface area contributed by atoms with Crippen LogP contribution in [0.5, 0.6) is 5.75 Å². The van der Waals surface area contributed by atoms with Crippen LogP contribution >= 0.6 is 0 Å². The van der Waals surface area contributed by atoms with Crippen LogP contribution in [-0.2, 0) is 0 Å². The molecule has 0 fully saturated rings. The molecule has 1 aromatic carbocycles. The summed E-state index contributed by atoms with van der Waals surface area (Å²) in [5.41, 5.74) is 6.85. The number of anilines is 1. The molecular weight excluding hydrogens is 202 g/mol. The van der Waals surface area contributed by atoms with Crippen molar-refractivity contribution in [1.29, 1.82) is 0 Å². The van der Waals surface area contributed by atoms with Crippen LogP contribution in [0.4, 0.5) is 5.69 Å². The maximum Gasteiger partial charge on any atom is 0.119 e. The summed E-state index contributed by atoms with van der Waals surface area (Å²) in [6.45, 7) is 9.09. The molecule has 1 atom stereocenters. The monoisotopic (exact) mass is 220 g/mol. The second-order valence-corrected chi connectivity index (χ2v) is 6.70. The second kappa shape index (κ2) is 5.61. The normalized spacial score (nSPS) is 12.5. The van der Waals surface area contributed by atoms with E-state index in [2.05, 4.69) is 19.7 Å². The zero-order chi connectivity index (χ0) is 11.3. The fraction of sp³-hybridized carbons (Fsp3) is 0.333. The Balaban J connectivity index is 2.49. The number of ether oxygens (including phenoxy) is 1. The molecule has 0 bridgehead atoms. The lowest BCUT2D eigenvalue weighted by Crippen LogP contribution is -2.17. The highest BCUT2D eigenvalue weighted by atomic mass is 28.3. The van der Waals surface area contributed by atoms with Crippen molar-refractivity contribution in [2.24, 2.45) is 0 Å². The van der Waals surface area contributed by atoms with Crippen molar-refractivity contribution >= 4 is 14.5 Å². The Morgan fingerprint density at radius 1 is 1.40 bits per heavy atom. The van der Waals surface area contributed by atoms with Crippen LogP contribution in [0.1, 0.15) is 0 Å². The standard InChI is InChI=1S/C12H18NOSi/c1-4-12(15(2)3)9-14-11-7-5-10(13)6-8-11/h4-8,12H,1,9,13H2,2-3H3. The van der Waals surface area contributed by atoms with Gasteiger partial charge in [-0.05, 0) is 24.3 Å². The van der Waals surface area contributed by atoms with Crippen molar-refractivity contribution in [3.05, 3.63) is 36.9 Å². The predicted molar refractivity (Wildman–Crippen MR) is 67.8 cm³/mol. The van der Waals surface area contributed by atoms with E-state index in [-0.39, 0.29) is 8.80 Å². The summed E-state index contributed by atoms with van der Waals surface area (Å²) in [6.07, 6.45) is 1.99. The molecule has 0 spiro atoms. The van der Waals surface area contributed by atoms with E-state index in [0.717, 1.165) is 11.4 Å². The fourth-order valence-corrected chi connectivity index (χ4v) is 2.11. The molecule has 1 aromatic rings. The van der Waals surface area contributed by atoms with Crippen LogP contribution in [-0.4, -0.2) is 15.4 Å². The van der Waals surface area contributed by atoms with Gasteiger partial charge in [-0.2, -0.15) is 0 Å². The van der Waals surface area contributed by atoms with Crippen molar-refractivity contribution < 1.29 is 4.74 Å². The summed E-state index contributed by atoms with van der Waals surface area (Å²) in [5, 5.41) is 0. The van der Waals surface area contributed by atoms with Crippen molar-refractivity contribution in [2.75, 3.05) is 12.3 Å². The third-order valence-electron chi connectivity index (χ3n) is 2.34. The van der Waals surface area contributed by atoms with E-state index >= 15 is 0 Å². The lowest BCUT2D eigenvalue weighted by molar-refractivity contribution is 0.323. The highest BCUT2D eigenvalue weighted by Crippen LogP contribution is 2.17. The first-order chi connectivity index (χ1) is 7.13. The van der Waals surface area contributed by atoms with Gasteiger partial charge in [0.1, 0.15) is 5.75 Å². The molecule has 1 unspecified atom stereocenters. The smallest absolute Gasteiger partial charge is 0.119 e. The van der Waals surface area contributed by atoms with E-state index in [4.69, 9.17) is 10.5 Å². The second-order valence-electron chi connectivity index (χ2n) is 3.80. The van der Waals surface area contributed by atoms with Crippen LogP contribution in [0.15, 0.2) is 36.9 Å². The Hall–Kier alpha value is -1.22. The van der Waals surface area contributed by atoms with Crippen molar-refractivity contribution in [1.82, 2.24) is 0 Å². The van der Waals surface area contributed by atoms with Gasteiger partial charge in [0, 0.05) is 11.2 Å². The van der Waals surface area contributed by atoms with Gasteiger partial charge < -0.3 is 10.5 Å². The molecule has 3 heteroatoms. The predicted octanol–water partition coefficient (Wildman–Crippen LogP) is 2.96. The van der Waals surface area contributed by atoms with Gasteiger partial charge in [-0.3, -0.25) is 0 Å². The van der Waals surface area contributed by atoms with E-state index in [1.165, 1.54) is 0 Å². The minimum atomic E-state index is -0.369. The zero-order valence-corrected chi connectivity index (χ0v) is 10.4. The van der Waals surface area contributed by atoms with Crippen molar-refractivity contribution in [2.45, 2.75) is 18.6 Å². The molecule has 0 aliphatic rings. The van der Waals surface area contributed by atoms with Crippen LogP contribution in [0.3, 0.4) is 0 Å². The van der Waals surface area contributed by atoms with Gasteiger partial charge in [-0.15, -0.1) is 6.58 Å². The zero-order valence-electron chi connectivity index (χ0n) is 9.36. The third-order valence-corrected chi connectivity index (χ3v) is 4.22. The van der Waals surface area contributed by atoms with E-state index in [1.807, 2.05) is 30.3 Å². The Labute approximate surface area is 93.4 Å². The van der Waals surface area contributed by atoms with Crippen LogP contribution < -0.4 is 10.5 Å². The Morgan fingerprint density at radius 3 is 2.47 bits per heavy atom. The molecule has 0 aliphatic heterocycles. The van der Waals surface area contributed by atoms with Gasteiger partial charge in [-0.1, -0.05) is 19.2 Å². The summed E-state index contributed by atoms with van der Waals surface area (Å²) in [4.78, 5) is 0. The molecule has 15 heavy (non-hydrogen) atoms. The first-order valence-electron chi connectivity index (χ1n) is 5.04. The maximum absolute atomic E-state index is 5.67. The van der Waals surface area contributed by atoms with Crippen molar-refractivity contribution in [3.63, 3.8) is 0 Å². The summed E-state index contributed by atoms with van der Waals surface area (Å²) < 4.78 is 5.67. The van der Waals surface area contributed by atoms with E-state index in [0.29, 0.717) is 12.1 Å². The van der Waals surface area contributed by atoms with Gasteiger partial charge in [0.05, 0.1) is 15.4 Å². The number of hydrogen-bond acceptors (Lipinski definition) is 2. The molecule has 81 valence electrons. The number of hydrogen-bond donors (Lipinski definition) is 1. The highest BCUT2D eigenvalue weighted by Gasteiger charge is 2.11. The number of nitrogens with two attached hydrogens (primary N) is 1. The van der Waals surface area contributed by atoms with Gasteiger partial charge >= 0.3 is 0 Å². The number of benzene rings is 1. The molecule has 2 nitrogen and oxygen atoms in total. The van der Waals surface area contributed by atoms with Gasteiger partial charge in [-0.25, -0.2) is 0 Å². The Morgan fingerprint density at radius 2 is 2.00 bits per heavy atom. The minimum absolute atomic E-state index is 0.369. The summed E-state index contributed by atoms with van der Waals surface area (Å²) in [7, 11) is -0.369. The molecule has 0 heterocycles. The van der Waals surface area contributed by atoms with Gasteiger partial charge in [0.25, 0.3) is 0 Å². The lowest BCUT2D eigenvalue weighted by atomic mass is 10.3. The molecule has 0 amide bonds. The molecule has 0 aromatic heterocycles. The molecule has 1 rings (SSSR count). The first-order valence-corrected chi connectivity index (χ1v) is 7.62. The van der Waals surface area contributed by atoms with E-state index < -0.39 is 0 Å². The quantitative estimate of drug-likeness (QED) is 0.470. The highest BCUT2D eigenvalue weighted by molar-refractivity contribution is 6.58. The largest absolute Gasteiger partial charge is 0.493 e. The molecule has 1 radical (unpaired) electrons. The summed E-state index contributed by atoms with van der Waals surface area (Å²) in [6, 6.07) is 7.49. The van der Waals surface area contributed by atoms with Crippen LogP contribution in [0.2, 0.25) is 18.6 Å². The minimum Gasteiger partial charge on any atom is -0.493 e. The topological polar surface area (TPSA) is 35.2 Å². The lowest BCUT2D eigenvalue weighted by Gasteiger charge is -2.16. The van der Waals surface area contributed by atoms with E-state index in [1.54, 1.807) is 0 Å². The van der Waals surface area contributed by atoms with Crippen LogP contribution in [0, 0.1) is 0 Å². The molecular formula is C12H18NOSi.